The number of para-hydroxylation sites is 1. The van der Waals surface area contributed by atoms with Gasteiger partial charge in [-0.2, -0.15) is 0 Å². The number of aryl methyl sites for hydroxylation is 1. The predicted octanol–water partition coefficient (Wildman–Crippen LogP) is 0.530. The second-order valence-electron chi connectivity index (χ2n) is 5.77. The molecule has 25 heavy (non-hydrogen) atoms. The molecule has 0 saturated heterocycles. The van der Waals surface area contributed by atoms with Gasteiger partial charge in [-0.15, -0.1) is 0 Å². The Hall–Kier alpha value is -3.16. The summed E-state index contributed by atoms with van der Waals surface area (Å²) in [4.78, 5) is 40.4. The minimum atomic E-state index is -0.895. The first-order valence-corrected chi connectivity index (χ1v) is 8.06. The number of nitrogens with one attached hydrogen (secondary N) is 3. The van der Waals surface area contributed by atoms with Crippen molar-refractivity contribution in [2.24, 2.45) is 0 Å². The van der Waals surface area contributed by atoms with Gasteiger partial charge >= 0.3 is 0 Å². The molecular weight excluding hydrogens is 322 g/mol. The number of rotatable bonds is 6. The molecule has 3 rings (SSSR count). The summed E-state index contributed by atoms with van der Waals surface area (Å²) in [5.41, 5.74) is 0.840. The minimum absolute atomic E-state index is 0.101. The minimum Gasteiger partial charge on any atom is -0.356 e. The van der Waals surface area contributed by atoms with E-state index in [1.165, 1.54) is 0 Å². The molecule has 0 spiro atoms. The number of fused-ring (bicyclic) bond motifs is 1. The van der Waals surface area contributed by atoms with Crippen LogP contribution in [-0.4, -0.2) is 39.9 Å². The molecule has 0 fully saturated rings. The molecule has 0 bridgehead atoms. The number of imidazole rings is 1. The number of anilines is 1. The highest BCUT2D eigenvalue weighted by molar-refractivity contribution is 6.10. The number of carbonyl (C=O) groups is 3. The zero-order valence-corrected chi connectivity index (χ0v) is 13.6. The quantitative estimate of drug-likeness (QED) is 0.667. The van der Waals surface area contributed by atoms with Crippen LogP contribution in [0.3, 0.4) is 0 Å². The Bertz CT molecular complexity index is 772. The third kappa shape index (κ3) is 4.23. The van der Waals surface area contributed by atoms with Crippen LogP contribution in [0.2, 0.25) is 0 Å². The topological polar surface area (TPSA) is 105 Å². The number of aromatic nitrogens is 2. The molecule has 0 radical (unpaired) electrons. The summed E-state index contributed by atoms with van der Waals surface area (Å²) in [5, 5.41) is 8.05. The van der Waals surface area contributed by atoms with Gasteiger partial charge in [0.05, 0.1) is 24.0 Å². The van der Waals surface area contributed by atoms with E-state index in [1.54, 1.807) is 36.8 Å². The van der Waals surface area contributed by atoms with Gasteiger partial charge in [-0.05, 0) is 18.6 Å². The Morgan fingerprint density at radius 1 is 1.28 bits per heavy atom. The van der Waals surface area contributed by atoms with Crippen molar-refractivity contribution in [3.8, 4) is 0 Å². The van der Waals surface area contributed by atoms with Gasteiger partial charge < -0.3 is 20.5 Å². The molecule has 1 aromatic carbocycles. The summed E-state index contributed by atoms with van der Waals surface area (Å²) in [7, 11) is 0. The molecule has 3 amide bonds. The van der Waals surface area contributed by atoms with Crippen molar-refractivity contribution in [1.82, 2.24) is 20.2 Å². The Kier molecular flexibility index (Phi) is 5.08. The number of hydrogen-bond acceptors (Lipinski definition) is 4. The second-order valence-corrected chi connectivity index (χ2v) is 5.77. The van der Waals surface area contributed by atoms with Crippen LogP contribution in [0.4, 0.5) is 5.69 Å². The molecular formula is C17H19N5O3. The fraction of sp³-hybridized carbons (Fsp3) is 0.294. The van der Waals surface area contributed by atoms with Gasteiger partial charge in [0.2, 0.25) is 11.8 Å². The summed E-state index contributed by atoms with van der Waals surface area (Å²) in [5.74, 6) is -1.05. The molecule has 1 aromatic heterocycles. The highest BCUT2D eigenvalue weighted by Gasteiger charge is 2.29. The summed E-state index contributed by atoms with van der Waals surface area (Å²) >= 11 is 0. The Morgan fingerprint density at radius 3 is 2.92 bits per heavy atom. The van der Waals surface area contributed by atoms with Crippen LogP contribution in [0.1, 0.15) is 23.2 Å². The highest BCUT2D eigenvalue weighted by Crippen LogP contribution is 2.18. The first-order chi connectivity index (χ1) is 12.1. The molecule has 0 unspecified atom stereocenters. The summed E-state index contributed by atoms with van der Waals surface area (Å²) in [6.45, 7) is 1.23. The number of benzene rings is 1. The molecule has 0 saturated carbocycles. The van der Waals surface area contributed by atoms with E-state index in [9.17, 15) is 14.4 Å². The van der Waals surface area contributed by atoms with Gasteiger partial charge in [-0.3, -0.25) is 14.4 Å². The molecule has 130 valence electrons. The predicted molar refractivity (Wildman–Crippen MR) is 90.8 cm³/mol. The number of hydrogen-bond donors (Lipinski definition) is 3. The molecule has 8 nitrogen and oxygen atoms in total. The lowest BCUT2D eigenvalue weighted by Crippen LogP contribution is -2.44. The maximum absolute atomic E-state index is 12.2. The molecule has 1 atom stereocenters. The third-order valence-corrected chi connectivity index (χ3v) is 3.92. The lowest BCUT2D eigenvalue weighted by Gasteiger charge is -2.14. The van der Waals surface area contributed by atoms with Crippen molar-refractivity contribution in [2.75, 3.05) is 11.9 Å². The van der Waals surface area contributed by atoms with Gasteiger partial charge in [0, 0.05) is 25.5 Å². The van der Waals surface area contributed by atoms with Crippen molar-refractivity contribution >= 4 is 23.4 Å². The van der Waals surface area contributed by atoms with E-state index in [2.05, 4.69) is 20.9 Å². The monoisotopic (exact) mass is 341 g/mol. The largest absolute Gasteiger partial charge is 0.356 e. The fourth-order valence-corrected chi connectivity index (χ4v) is 2.62. The maximum atomic E-state index is 12.2. The second kappa shape index (κ2) is 7.61. The molecule has 8 heteroatoms. The van der Waals surface area contributed by atoms with Gasteiger partial charge in [0.25, 0.3) is 5.91 Å². The highest BCUT2D eigenvalue weighted by atomic mass is 16.2. The van der Waals surface area contributed by atoms with Crippen LogP contribution >= 0.6 is 0 Å². The first kappa shape index (κ1) is 16.7. The number of carbonyl (C=O) groups excluding carboxylic acids is 3. The van der Waals surface area contributed by atoms with Crippen LogP contribution in [-0.2, 0) is 16.1 Å². The summed E-state index contributed by atoms with van der Waals surface area (Å²) in [6.07, 6.45) is 5.91. The van der Waals surface area contributed by atoms with Crippen molar-refractivity contribution in [1.29, 1.82) is 0 Å². The molecule has 3 N–H and O–H groups in total. The number of nitrogens with zero attached hydrogens (tertiary/aromatic N) is 2. The Morgan fingerprint density at radius 2 is 2.12 bits per heavy atom. The normalized spacial score (nSPS) is 16.4. The van der Waals surface area contributed by atoms with E-state index in [0.29, 0.717) is 17.8 Å². The van der Waals surface area contributed by atoms with Gasteiger partial charge in [-0.1, -0.05) is 12.1 Å². The molecule has 2 heterocycles. The third-order valence-electron chi connectivity index (χ3n) is 3.92. The Labute approximate surface area is 144 Å². The van der Waals surface area contributed by atoms with Crippen LogP contribution in [0, 0.1) is 0 Å². The lowest BCUT2D eigenvalue weighted by molar-refractivity contribution is -0.125. The van der Waals surface area contributed by atoms with Crippen LogP contribution < -0.4 is 16.0 Å². The zero-order valence-electron chi connectivity index (χ0n) is 13.6. The van der Waals surface area contributed by atoms with Crippen LogP contribution in [0.15, 0.2) is 43.0 Å². The standard InChI is InChI=1S/C17H19N5O3/c23-15(19-6-3-8-22-9-7-18-11-22)10-14-17(25)20-13-5-2-1-4-12(13)16(24)21-14/h1-2,4-5,7,9,11,14H,3,6,8,10H2,(H,19,23)(H,20,25)(H,21,24)/t14-/m0/s1. The maximum Gasteiger partial charge on any atom is 0.254 e. The summed E-state index contributed by atoms with van der Waals surface area (Å²) in [6, 6.07) is 5.85. The average Bonchev–Trinajstić information content (AvgIpc) is 3.08. The van der Waals surface area contributed by atoms with Crippen molar-refractivity contribution in [3.05, 3.63) is 48.5 Å². The van der Waals surface area contributed by atoms with Crippen LogP contribution in [0.25, 0.3) is 0 Å². The van der Waals surface area contributed by atoms with E-state index in [4.69, 9.17) is 0 Å². The molecule has 0 aliphatic carbocycles. The lowest BCUT2D eigenvalue weighted by atomic mass is 10.1. The number of amides is 3. The van der Waals surface area contributed by atoms with E-state index in [1.807, 2.05) is 10.8 Å². The SMILES string of the molecule is O=C(C[C@@H]1NC(=O)c2ccccc2NC1=O)NCCCn1ccnc1. The average molecular weight is 341 g/mol. The zero-order chi connectivity index (χ0) is 17.6. The van der Waals surface area contributed by atoms with E-state index >= 15 is 0 Å². The van der Waals surface area contributed by atoms with E-state index in [0.717, 1.165) is 13.0 Å². The van der Waals surface area contributed by atoms with Gasteiger partial charge in [0.1, 0.15) is 6.04 Å². The molecule has 2 aromatic rings. The van der Waals surface area contributed by atoms with Crippen molar-refractivity contribution in [2.45, 2.75) is 25.4 Å². The van der Waals surface area contributed by atoms with Crippen molar-refractivity contribution < 1.29 is 14.4 Å². The first-order valence-electron chi connectivity index (χ1n) is 8.06. The van der Waals surface area contributed by atoms with Gasteiger partial charge in [-0.25, -0.2) is 4.98 Å². The van der Waals surface area contributed by atoms with E-state index < -0.39 is 11.9 Å². The van der Waals surface area contributed by atoms with E-state index in [-0.39, 0.29) is 18.2 Å². The Balaban J connectivity index is 1.49. The fourth-order valence-electron chi connectivity index (χ4n) is 2.62. The van der Waals surface area contributed by atoms with Crippen LogP contribution in [0.5, 0.6) is 0 Å². The van der Waals surface area contributed by atoms with Gasteiger partial charge in [0.15, 0.2) is 0 Å². The molecule has 1 aliphatic rings. The van der Waals surface area contributed by atoms with Crippen molar-refractivity contribution in [3.63, 3.8) is 0 Å². The summed E-state index contributed by atoms with van der Waals surface area (Å²) < 4.78 is 1.92. The molecule has 1 aliphatic heterocycles. The smallest absolute Gasteiger partial charge is 0.254 e.